The third-order valence-electron chi connectivity index (χ3n) is 3.64. The van der Waals surface area contributed by atoms with Crippen LogP contribution >= 0.6 is 0 Å². The topological polar surface area (TPSA) is 69.2 Å². The Bertz CT molecular complexity index is 1000. The van der Waals surface area contributed by atoms with E-state index in [1.165, 1.54) is 12.3 Å². The van der Waals surface area contributed by atoms with Gasteiger partial charge in [0.1, 0.15) is 17.4 Å². The Labute approximate surface area is 125 Å². The molecule has 0 radical (unpaired) electrons. The van der Waals surface area contributed by atoms with Crippen LogP contribution in [0.25, 0.3) is 33.2 Å². The van der Waals surface area contributed by atoms with Crippen LogP contribution in [0.4, 0.5) is 5.69 Å². The second-order valence-corrected chi connectivity index (χ2v) is 4.94. The molecule has 0 unspecified atom stereocenters. The van der Waals surface area contributed by atoms with Gasteiger partial charge in [-0.2, -0.15) is 0 Å². The highest BCUT2D eigenvalue weighted by atomic mass is 16.6. The summed E-state index contributed by atoms with van der Waals surface area (Å²) in [5.74, 6) is 0. The van der Waals surface area contributed by atoms with Crippen LogP contribution in [0.15, 0.2) is 65.2 Å². The van der Waals surface area contributed by atoms with E-state index in [-0.39, 0.29) is 5.69 Å². The molecule has 2 aromatic carbocycles. The number of aromatic nitrogens is 1. The molecular weight excluding hydrogens is 280 g/mol. The molecule has 0 saturated carbocycles. The lowest BCUT2D eigenvalue weighted by molar-refractivity contribution is -0.385. The number of nitro groups is 1. The van der Waals surface area contributed by atoms with Gasteiger partial charge in [0, 0.05) is 22.4 Å². The van der Waals surface area contributed by atoms with E-state index in [1.54, 1.807) is 6.07 Å². The second kappa shape index (κ2) is 4.66. The molecule has 0 spiro atoms. The van der Waals surface area contributed by atoms with E-state index in [4.69, 9.17) is 4.42 Å². The molecule has 4 rings (SSSR count). The maximum absolute atomic E-state index is 10.7. The zero-order valence-electron chi connectivity index (χ0n) is 11.4. The summed E-state index contributed by atoms with van der Waals surface area (Å²) in [4.78, 5) is 14.5. The number of benzene rings is 2. The Balaban J connectivity index is 1.96. The summed E-state index contributed by atoms with van der Waals surface area (Å²) in [5, 5.41) is 12.8. The number of fused-ring (bicyclic) bond motifs is 3. The monoisotopic (exact) mass is 290 g/mol. The number of rotatable bonds is 2. The van der Waals surface area contributed by atoms with Gasteiger partial charge in [-0.1, -0.05) is 30.3 Å². The Morgan fingerprint density at radius 1 is 0.955 bits per heavy atom. The van der Waals surface area contributed by atoms with Gasteiger partial charge in [-0.05, 0) is 18.2 Å². The Morgan fingerprint density at radius 3 is 2.55 bits per heavy atom. The molecule has 0 saturated heterocycles. The number of para-hydroxylation sites is 2. The van der Waals surface area contributed by atoms with Crippen molar-refractivity contribution in [2.45, 2.75) is 0 Å². The van der Waals surface area contributed by atoms with Crippen LogP contribution < -0.4 is 0 Å². The molecule has 2 aromatic heterocycles. The number of furan rings is 1. The SMILES string of the molecule is O=[N+]([O-])c1ccc(-c2cccc3c2oc2ccccc23)nc1. The first-order valence-electron chi connectivity index (χ1n) is 6.75. The maximum atomic E-state index is 10.7. The summed E-state index contributed by atoms with van der Waals surface area (Å²) < 4.78 is 5.94. The predicted octanol–water partition coefficient (Wildman–Crippen LogP) is 4.56. The van der Waals surface area contributed by atoms with Gasteiger partial charge in [-0.15, -0.1) is 0 Å². The zero-order valence-corrected chi connectivity index (χ0v) is 11.4. The minimum atomic E-state index is -0.460. The fraction of sp³-hybridized carbons (Fsp3) is 0. The first-order chi connectivity index (χ1) is 10.7. The normalized spacial score (nSPS) is 11.1. The molecule has 2 heterocycles. The standard InChI is InChI=1S/C17H10N2O3/c20-19(21)11-8-9-15(18-10-11)14-6-3-5-13-12-4-1-2-7-16(12)22-17(13)14/h1-10H. The Morgan fingerprint density at radius 2 is 1.77 bits per heavy atom. The van der Waals surface area contributed by atoms with Crippen molar-refractivity contribution in [2.24, 2.45) is 0 Å². The molecule has 0 amide bonds. The fourth-order valence-electron chi connectivity index (χ4n) is 2.60. The summed E-state index contributed by atoms with van der Waals surface area (Å²) in [6.07, 6.45) is 1.26. The average Bonchev–Trinajstić information content (AvgIpc) is 2.93. The fourth-order valence-corrected chi connectivity index (χ4v) is 2.60. The smallest absolute Gasteiger partial charge is 0.287 e. The third-order valence-corrected chi connectivity index (χ3v) is 3.64. The van der Waals surface area contributed by atoms with E-state index < -0.39 is 4.92 Å². The molecule has 5 heteroatoms. The molecule has 0 N–H and O–H groups in total. The maximum Gasteiger partial charge on any atom is 0.287 e. The first-order valence-corrected chi connectivity index (χ1v) is 6.75. The van der Waals surface area contributed by atoms with Gasteiger partial charge in [-0.3, -0.25) is 10.1 Å². The highest BCUT2D eigenvalue weighted by Crippen LogP contribution is 2.35. The van der Waals surface area contributed by atoms with Crippen molar-refractivity contribution >= 4 is 27.6 Å². The van der Waals surface area contributed by atoms with Crippen molar-refractivity contribution in [1.82, 2.24) is 4.98 Å². The molecular formula is C17H10N2O3. The highest BCUT2D eigenvalue weighted by molar-refractivity contribution is 6.09. The van der Waals surface area contributed by atoms with Gasteiger partial charge in [0.15, 0.2) is 0 Å². The van der Waals surface area contributed by atoms with Crippen LogP contribution in [-0.4, -0.2) is 9.91 Å². The predicted molar refractivity (Wildman–Crippen MR) is 83.6 cm³/mol. The quantitative estimate of drug-likeness (QED) is 0.401. The van der Waals surface area contributed by atoms with Crippen LogP contribution in [0, 0.1) is 10.1 Å². The molecule has 0 aliphatic rings. The molecule has 106 valence electrons. The van der Waals surface area contributed by atoms with E-state index in [1.807, 2.05) is 42.5 Å². The molecule has 0 atom stereocenters. The van der Waals surface area contributed by atoms with Crippen LogP contribution in [-0.2, 0) is 0 Å². The third kappa shape index (κ3) is 1.83. The van der Waals surface area contributed by atoms with Crippen LogP contribution in [0.1, 0.15) is 0 Å². The lowest BCUT2D eigenvalue weighted by Crippen LogP contribution is -1.90. The summed E-state index contributed by atoms with van der Waals surface area (Å²) in [6, 6.07) is 16.7. The van der Waals surface area contributed by atoms with E-state index in [0.717, 1.165) is 27.5 Å². The van der Waals surface area contributed by atoms with E-state index in [0.29, 0.717) is 5.69 Å². The Hall–Kier alpha value is -3.21. The molecule has 0 fully saturated rings. The van der Waals surface area contributed by atoms with Crippen LogP contribution in [0.5, 0.6) is 0 Å². The van der Waals surface area contributed by atoms with Gasteiger partial charge < -0.3 is 4.42 Å². The van der Waals surface area contributed by atoms with E-state index in [9.17, 15) is 10.1 Å². The lowest BCUT2D eigenvalue weighted by Gasteiger charge is -2.01. The summed E-state index contributed by atoms with van der Waals surface area (Å²) in [6.45, 7) is 0. The van der Waals surface area contributed by atoms with Crippen LogP contribution in [0.2, 0.25) is 0 Å². The van der Waals surface area contributed by atoms with Gasteiger partial charge in [-0.25, -0.2) is 4.98 Å². The van der Waals surface area contributed by atoms with Gasteiger partial charge in [0.05, 0.1) is 10.6 Å². The molecule has 4 aromatic rings. The highest BCUT2D eigenvalue weighted by Gasteiger charge is 2.13. The summed E-state index contributed by atoms with van der Waals surface area (Å²) in [5.41, 5.74) is 3.00. The number of hydrogen-bond donors (Lipinski definition) is 0. The van der Waals surface area contributed by atoms with Crippen molar-refractivity contribution in [3.8, 4) is 11.3 Å². The summed E-state index contributed by atoms with van der Waals surface area (Å²) >= 11 is 0. The number of hydrogen-bond acceptors (Lipinski definition) is 4. The number of nitrogens with zero attached hydrogens (tertiary/aromatic N) is 2. The van der Waals surface area contributed by atoms with Crippen molar-refractivity contribution in [3.63, 3.8) is 0 Å². The first kappa shape index (κ1) is 12.5. The second-order valence-electron chi connectivity index (χ2n) is 4.94. The number of pyridine rings is 1. The molecule has 5 nitrogen and oxygen atoms in total. The van der Waals surface area contributed by atoms with Crippen molar-refractivity contribution in [1.29, 1.82) is 0 Å². The Kier molecular flexibility index (Phi) is 2.66. The van der Waals surface area contributed by atoms with Crippen LogP contribution in [0.3, 0.4) is 0 Å². The van der Waals surface area contributed by atoms with Crippen molar-refractivity contribution in [3.05, 3.63) is 70.9 Å². The summed E-state index contributed by atoms with van der Waals surface area (Å²) in [7, 11) is 0. The van der Waals surface area contributed by atoms with Gasteiger partial charge >= 0.3 is 0 Å². The van der Waals surface area contributed by atoms with Gasteiger partial charge in [0.2, 0.25) is 0 Å². The van der Waals surface area contributed by atoms with Crippen molar-refractivity contribution < 1.29 is 9.34 Å². The minimum Gasteiger partial charge on any atom is -0.455 e. The minimum absolute atomic E-state index is 0.0273. The molecule has 22 heavy (non-hydrogen) atoms. The average molecular weight is 290 g/mol. The lowest BCUT2D eigenvalue weighted by atomic mass is 10.1. The van der Waals surface area contributed by atoms with E-state index in [2.05, 4.69) is 4.98 Å². The molecule has 0 aliphatic carbocycles. The van der Waals surface area contributed by atoms with Gasteiger partial charge in [0.25, 0.3) is 5.69 Å². The zero-order chi connectivity index (χ0) is 15.1. The van der Waals surface area contributed by atoms with Crippen molar-refractivity contribution in [2.75, 3.05) is 0 Å². The molecule has 0 aliphatic heterocycles. The van der Waals surface area contributed by atoms with E-state index >= 15 is 0 Å². The largest absolute Gasteiger partial charge is 0.455 e. The molecule has 0 bridgehead atoms.